The number of amides is 2. The fraction of sp³-hybridized carbons (Fsp3) is 0.294. The highest BCUT2D eigenvalue weighted by atomic mass is 35.5. The van der Waals surface area contributed by atoms with Gasteiger partial charge in [-0.1, -0.05) is 90.8 Å². The van der Waals surface area contributed by atoms with E-state index in [0.29, 0.717) is 26.7 Å². The van der Waals surface area contributed by atoms with Crippen LogP contribution in [-0.4, -0.2) is 43.8 Å². The van der Waals surface area contributed by atoms with Crippen molar-refractivity contribution < 1.29 is 18.0 Å². The van der Waals surface area contributed by atoms with Crippen LogP contribution in [0.5, 0.6) is 0 Å². The summed E-state index contributed by atoms with van der Waals surface area (Å²) in [6.07, 6.45) is 1.28. The summed E-state index contributed by atoms with van der Waals surface area (Å²) in [5.74, 6) is -0.572. The average Bonchev–Trinajstić information content (AvgIpc) is 3.23. The van der Waals surface area contributed by atoms with Crippen LogP contribution in [0.4, 0.5) is 5.69 Å². The monoisotopic (exact) mass is 651 g/mol. The molecule has 44 heavy (non-hydrogen) atoms. The van der Waals surface area contributed by atoms with Crippen molar-refractivity contribution in [3.63, 3.8) is 0 Å². The number of hydrogen-bond acceptors (Lipinski definition) is 4. The van der Waals surface area contributed by atoms with Crippen molar-refractivity contribution in [2.24, 2.45) is 0 Å². The van der Waals surface area contributed by atoms with Crippen LogP contribution >= 0.6 is 23.2 Å². The molecule has 2 atom stereocenters. The zero-order chi connectivity index (χ0) is 31.4. The Hall–Kier alpha value is -3.59. The molecule has 2 amide bonds. The first kappa shape index (κ1) is 31.8. The normalized spacial score (nSPS) is 14.8. The number of anilines is 1. The van der Waals surface area contributed by atoms with Gasteiger partial charge in [0.15, 0.2) is 0 Å². The van der Waals surface area contributed by atoms with Gasteiger partial charge in [0.05, 0.1) is 10.6 Å². The van der Waals surface area contributed by atoms with E-state index in [-0.39, 0.29) is 55.1 Å². The number of nitrogens with zero attached hydrogens (tertiary/aromatic N) is 2. The van der Waals surface area contributed by atoms with Crippen LogP contribution in [0.15, 0.2) is 89.8 Å². The summed E-state index contributed by atoms with van der Waals surface area (Å²) in [5, 5.41) is 5.38. The highest BCUT2D eigenvalue weighted by Gasteiger charge is 2.36. The average molecular weight is 653 g/mol. The number of benzene rings is 4. The summed E-state index contributed by atoms with van der Waals surface area (Å²) in [6, 6.07) is 24.5. The Labute approximate surface area is 268 Å². The van der Waals surface area contributed by atoms with E-state index >= 15 is 0 Å². The van der Waals surface area contributed by atoms with Crippen molar-refractivity contribution in [3.8, 4) is 0 Å². The standard InChI is InChI=1S/C34H35Cl2N3O4S/c1-3-23(2)37-34(41)30(21-24-11-5-4-6-12-24)38(22-26-27(35)15-9-16-28(26)36)32(40)19-10-20-39-29-17-7-13-25-14-8-18-31(33(25)29)44(39,42)43/h4-9,11-18,23,30H,3,10,19-22H2,1-2H3,(H,37,41)/t23-,30-/m0/s1. The van der Waals surface area contributed by atoms with E-state index in [4.69, 9.17) is 23.2 Å². The molecular formula is C34H35Cl2N3O4S. The molecular weight excluding hydrogens is 617 g/mol. The van der Waals surface area contributed by atoms with Crippen LogP contribution in [0.3, 0.4) is 0 Å². The predicted molar refractivity (Wildman–Crippen MR) is 177 cm³/mol. The molecule has 10 heteroatoms. The van der Waals surface area contributed by atoms with Crippen molar-refractivity contribution in [2.45, 2.75) is 63.1 Å². The van der Waals surface area contributed by atoms with Gasteiger partial charge >= 0.3 is 0 Å². The number of hydrogen-bond donors (Lipinski definition) is 1. The van der Waals surface area contributed by atoms with Crippen LogP contribution in [0.1, 0.15) is 44.2 Å². The van der Waals surface area contributed by atoms with E-state index < -0.39 is 16.1 Å². The molecule has 7 nitrogen and oxygen atoms in total. The third-order valence-electron chi connectivity index (χ3n) is 8.10. The Kier molecular flexibility index (Phi) is 9.83. The van der Waals surface area contributed by atoms with Crippen LogP contribution in [0.25, 0.3) is 10.8 Å². The highest BCUT2D eigenvalue weighted by Crippen LogP contribution is 2.42. The first-order valence-corrected chi connectivity index (χ1v) is 16.9. The van der Waals surface area contributed by atoms with Crippen molar-refractivity contribution >= 4 is 61.5 Å². The van der Waals surface area contributed by atoms with E-state index in [1.165, 1.54) is 9.21 Å². The van der Waals surface area contributed by atoms with Crippen LogP contribution in [0.2, 0.25) is 10.0 Å². The molecule has 0 saturated heterocycles. The maximum atomic E-state index is 14.1. The van der Waals surface area contributed by atoms with Crippen molar-refractivity contribution in [3.05, 3.63) is 106 Å². The molecule has 5 rings (SSSR count). The quantitative estimate of drug-likeness (QED) is 0.179. The lowest BCUT2D eigenvalue weighted by Gasteiger charge is -2.33. The second-order valence-electron chi connectivity index (χ2n) is 11.1. The molecule has 0 unspecified atom stereocenters. The zero-order valence-corrected chi connectivity index (χ0v) is 27.0. The molecule has 1 aliphatic heterocycles. The Morgan fingerprint density at radius 3 is 2.25 bits per heavy atom. The molecule has 1 aliphatic rings. The summed E-state index contributed by atoms with van der Waals surface area (Å²) in [6.45, 7) is 4.04. The summed E-state index contributed by atoms with van der Waals surface area (Å²) in [7, 11) is -3.75. The minimum atomic E-state index is -3.75. The number of carbonyl (C=O) groups is 2. The molecule has 0 aliphatic carbocycles. The number of carbonyl (C=O) groups excluding carboxylic acids is 2. The molecule has 0 radical (unpaired) electrons. The molecule has 1 N–H and O–H groups in total. The number of rotatable bonds is 12. The third kappa shape index (κ3) is 6.58. The Balaban J connectivity index is 1.43. The van der Waals surface area contributed by atoms with Gasteiger partial charge in [-0.15, -0.1) is 0 Å². The molecule has 0 bridgehead atoms. The second kappa shape index (κ2) is 13.6. The summed E-state index contributed by atoms with van der Waals surface area (Å²) >= 11 is 13.1. The fourth-order valence-electron chi connectivity index (χ4n) is 5.57. The SMILES string of the molecule is CC[C@H](C)NC(=O)[C@H](Cc1ccccc1)N(Cc1c(Cl)cccc1Cl)C(=O)CCCN1c2cccc3cccc(c23)S1(=O)=O. The van der Waals surface area contributed by atoms with Gasteiger partial charge in [0.1, 0.15) is 6.04 Å². The van der Waals surface area contributed by atoms with E-state index in [0.717, 1.165) is 17.4 Å². The smallest absolute Gasteiger partial charge is 0.265 e. The van der Waals surface area contributed by atoms with Gasteiger partial charge in [-0.3, -0.25) is 13.9 Å². The number of halogens is 2. The van der Waals surface area contributed by atoms with Crippen LogP contribution < -0.4 is 9.62 Å². The lowest BCUT2D eigenvalue weighted by Crippen LogP contribution is -2.52. The molecule has 0 aromatic heterocycles. The highest BCUT2D eigenvalue weighted by molar-refractivity contribution is 7.93. The minimum Gasteiger partial charge on any atom is -0.352 e. The van der Waals surface area contributed by atoms with Gasteiger partial charge in [0.2, 0.25) is 11.8 Å². The molecule has 4 aromatic carbocycles. The van der Waals surface area contributed by atoms with E-state index in [9.17, 15) is 18.0 Å². The Morgan fingerprint density at radius 2 is 1.57 bits per heavy atom. The number of sulfonamides is 1. The Bertz CT molecular complexity index is 1760. The largest absolute Gasteiger partial charge is 0.352 e. The Morgan fingerprint density at radius 1 is 0.909 bits per heavy atom. The summed E-state index contributed by atoms with van der Waals surface area (Å²) in [4.78, 5) is 29.7. The fourth-order valence-corrected chi connectivity index (χ4v) is 7.83. The van der Waals surface area contributed by atoms with Crippen LogP contribution in [-0.2, 0) is 32.6 Å². The predicted octanol–water partition coefficient (Wildman–Crippen LogP) is 6.99. The summed E-state index contributed by atoms with van der Waals surface area (Å²) in [5.41, 5.74) is 2.05. The van der Waals surface area contributed by atoms with Crippen molar-refractivity contribution in [1.29, 1.82) is 0 Å². The van der Waals surface area contributed by atoms with Crippen LogP contribution in [0, 0.1) is 0 Å². The first-order valence-electron chi connectivity index (χ1n) is 14.7. The molecule has 0 fully saturated rings. The minimum absolute atomic E-state index is 0.0162. The topological polar surface area (TPSA) is 86.8 Å². The molecule has 1 heterocycles. The molecule has 0 saturated carbocycles. The lowest BCUT2D eigenvalue weighted by atomic mass is 10.0. The lowest BCUT2D eigenvalue weighted by molar-refractivity contribution is -0.141. The third-order valence-corrected chi connectivity index (χ3v) is 10.7. The van der Waals surface area contributed by atoms with E-state index in [1.54, 1.807) is 36.4 Å². The van der Waals surface area contributed by atoms with Crippen molar-refractivity contribution in [2.75, 3.05) is 10.8 Å². The van der Waals surface area contributed by atoms with E-state index in [1.807, 2.05) is 62.4 Å². The summed E-state index contributed by atoms with van der Waals surface area (Å²) < 4.78 is 28.3. The van der Waals surface area contributed by atoms with E-state index in [2.05, 4.69) is 5.32 Å². The zero-order valence-electron chi connectivity index (χ0n) is 24.7. The maximum Gasteiger partial charge on any atom is 0.265 e. The molecule has 230 valence electrons. The molecule has 4 aromatic rings. The van der Waals surface area contributed by atoms with Gasteiger partial charge in [-0.05, 0) is 55.0 Å². The van der Waals surface area contributed by atoms with Gasteiger partial charge in [0.25, 0.3) is 10.0 Å². The first-order chi connectivity index (χ1) is 21.1. The maximum absolute atomic E-state index is 14.1. The second-order valence-corrected chi connectivity index (χ2v) is 13.7. The van der Waals surface area contributed by atoms with Crippen molar-refractivity contribution in [1.82, 2.24) is 10.2 Å². The van der Waals surface area contributed by atoms with Gasteiger partial charge < -0.3 is 10.2 Å². The number of nitrogens with one attached hydrogen (secondary N) is 1. The van der Waals surface area contributed by atoms with Gasteiger partial charge in [0, 0.05) is 53.0 Å². The van der Waals surface area contributed by atoms with Gasteiger partial charge in [-0.25, -0.2) is 8.42 Å². The van der Waals surface area contributed by atoms with Gasteiger partial charge in [-0.2, -0.15) is 0 Å². The molecule has 0 spiro atoms.